The summed E-state index contributed by atoms with van der Waals surface area (Å²) >= 11 is 0. The maximum Gasteiger partial charge on any atom is 0.222 e. The minimum atomic E-state index is -0.331. The van der Waals surface area contributed by atoms with Crippen molar-refractivity contribution in [1.29, 1.82) is 0 Å². The zero-order valence-corrected chi connectivity index (χ0v) is 10.6. The molecule has 2 rings (SSSR count). The van der Waals surface area contributed by atoms with Gasteiger partial charge in [0.05, 0.1) is 0 Å². The van der Waals surface area contributed by atoms with Gasteiger partial charge in [-0.1, -0.05) is 19.9 Å². The van der Waals surface area contributed by atoms with Crippen molar-refractivity contribution < 1.29 is 9.13 Å². The minimum absolute atomic E-state index is 0.222. The Morgan fingerprint density at radius 3 is 2.61 bits per heavy atom. The lowest BCUT2D eigenvalue weighted by Crippen LogP contribution is -2.01. The smallest absolute Gasteiger partial charge is 0.222 e. The quantitative estimate of drug-likeness (QED) is 0.825. The molecule has 0 aliphatic carbocycles. The number of aromatic nitrogens is 2. The first-order chi connectivity index (χ1) is 8.54. The highest BCUT2D eigenvalue weighted by Gasteiger charge is 2.08. The van der Waals surface area contributed by atoms with Crippen molar-refractivity contribution in [1.82, 2.24) is 9.97 Å². The van der Waals surface area contributed by atoms with Gasteiger partial charge in [0.1, 0.15) is 17.4 Å². The molecule has 0 saturated heterocycles. The van der Waals surface area contributed by atoms with Gasteiger partial charge in [0.2, 0.25) is 5.88 Å². The standard InChI is InChI=1S/C14H15FN2O/c1-9(2)14-16-10(3)7-13(17-14)18-12-6-4-5-11(15)8-12/h4-9H,1-3H3. The van der Waals surface area contributed by atoms with Crippen LogP contribution in [0.25, 0.3) is 0 Å². The normalized spacial score (nSPS) is 10.7. The van der Waals surface area contributed by atoms with Crippen LogP contribution in [0, 0.1) is 12.7 Å². The van der Waals surface area contributed by atoms with Crippen LogP contribution >= 0.6 is 0 Å². The van der Waals surface area contributed by atoms with Gasteiger partial charge in [0.15, 0.2) is 0 Å². The van der Waals surface area contributed by atoms with Crippen molar-refractivity contribution >= 4 is 0 Å². The third kappa shape index (κ3) is 3.03. The molecule has 0 radical (unpaired) electrons. The summed E-state index contributed by atoms with van der Waals surface area (Å²) in [4.78, 5) is 8.63. The fourth-order valence-electron chi connectivity index (χ4n) is 1.52. The average Bonchev–Trinajstić information content (AvgIpc) is 2.28. The Labute approximate surface area is 106 Å². The van der Waals surface area contributed by atoms with Gasteiger partial charge in [-0.15, -0.1) is 0 Å². The van der Waals surface area contributed by atoms with E-state index in [9.17, 15) is 4.39 Å². The Morgan fingerprint density at radius 2 is 1.94 bits per heavy atom. The van der Waals surface area contributed by atoms with Gasteiger partial charge in [0, 0.05) is 23.7 Å². The third-order valence-electron chi connectivity index (χ3n) is 2.38. The molecule has 0 atom stereocenters. The van der Waals surface area contributed by atoms with E-state index in [0.29, 0.717) is 11.6 Å². The van der Waals surface area contributed by atoms with E-state index in [2.05, 4.69) is 9.97 Å². The van der Waals surface area contributed by atoms with Gasteiger partial charge < -0.3 is 4.74 Å². The number of nitrogens with zero attached hydrogens (tertiary/aromatic N) is 2. The Kier molecular flexibility index (Phi) is 3.55. The molecule has 1 heterocycles. The number of hydrogen-bond acceptors (Lipinski definition) is 3. The van der Waals surface area contributed by atoms with Crippen LogP contribution in [0.1, 0.15) is 31.3 Å². The minimum Gasteiger partial charge on any atom is -0.439 e. The van der Waals surface area contributed by atoms with Gasteiger partial charge in [-0.05, 0) is 19.1 Å². The predicted molar refractivity (Wildman–Crippen MR) is 67.3 cm³/mol. The zero-order valence-electron chi connectivity index (χ0n) is 10.6. The van der Waals surface area contributed by atoms with Gasteiger partial charge in [-0.3, -0.25) is 0 Å². The molecular weight excluding hydrogens is 231 g/mol. The summed E-state index contributed by atoms with van der Waals surface area (Å²) in [7, 11) is 0. The van der Waals surface area contributed by atoms with E-state index < -0.39 is 0 Å². The summed E-state index contributed by atoms with van der Waals surface area (Å²) < 4.78 is 18.6. The van der Waals surface area contributed by atoms with E-state index >= 15 is 0 Å². The monoisotopic (exact) mass is 246 g/mol. The van der Waals surface area contributed by atoms with Gasteiger partial charge >= 0.3 is 0 Å². The summed E-state index contributed by atoms with van der Waals surface area (Å²) in [5.74, 6) is 1.49. The number of benzene rings is 1. The third-order valence-corrected chi connectivity index (χ3v) is 2.38. The second kappa shape index (κ2) is 5.12. The van der Waals surface area contributed by atoms with Crippen molar-refractivity contribution in [3.63, 3.8) is 0 Å². The first kappa shape index (κ1) is 12.5. The Morgan fingerprint density at radius 1 is 1.17 bits per heavy atom. The molecule has 2 aromatic rings. The van der Waals surface area contributed by atoms with Crippen molar-refractivity contribution in [3.8, 4) is 11.6 Å². The maximum absolute atomic E-state index is 13.0. The Hall–Kier alpha value is -1.97. The van der Waals surface area contributed by atoms with Crippen LogP contribution < -0.4 is 4.74 Å². The van der Waals surface area contributed by atoms with Crippen LogP contribution in [-0.4, -0.2) is 9.97 Å². The first-order valence-corrected chi connectivity index (χ1v) is 5.83. The second-order valence-electron chi connectivity index (χ2n) is 4.42. The van der Waals surface area contributed by atoms with Gasteiger partial charge in [-0.25, -0.2) is 9.37 Å². The van der Waals surface area contributed by atoms with Gasteiger partial charge in [0.25, 0.3) is 0 Å². The molecular formula is C14H15FN2O. The molecule has 18 heavy (non-hydrogen) atoms. The Bertz CT molecular complexity index is 555. The number of rotatable bonds is 3. The van der Waals surface area contributed by atoms with E-state index in [1.54, 1.807) is 18.2 Å². The van der Waals surface area contributed by atoms with Crippen molar-refractivity contribution in [2.75, 3.05) is 0 Å². The lowest BCUT2D eigenvalue weighted by molar-refractivity contribution is 0.451. The molecule has 1 aromatic carbocycles. The molecule has 0 N–H and O–H groups in total. The Balaban J connectivity index is 2.29. The summed E-state index contributed by atoms with van der Waals surface area (Å²) in [6.45, 7) is 5.91. The highest BCUT2D eigenvalue weighted by Crippen LogP contribution is 2.22. The predicted octanol–water partition coefficient (Wildman–Crippen LogP) is 3.84. The van der Waals surface area contributed by atoms with Gasteiger partial charge in [-0.2, -0.15) is 4.98 Å². The van der Waals surface area contributed by atoms with Crippen LogP contribution in [0.3, 0.4) is 0 Å². The number of ether oxygens (including phenoxy) is 1. The molecule has 0 unspecified atom stereocenters. The van der Waals surface area contributed by atoms with E-state index in [0.717, 1.165) is 11.5 Å². The van der Waals surface area contributed by atoms with Crippen LogP contribution in [0.5, 0.6) is 11.6 Å². The highest BCUT2D eigenvalue weighted by atomic mass is 19.1. The molecule has 0 fully saturated rings. The summed E-state index contributed by atoms with van der Waals surface area (Å²) in [6, 6.07) is 7.72. The van der Waals surface area contributed by atoms with Crippen molar-refractivity contribution in [2.45, 2.75) is 26.7 Å². The van der Waals surface area contributed by atoms with E-state index in [-0.39, 0.29) is 11.7 Å². The fraction of sp³-hybridized carbons (Fsp3) is 0.286. The molecule has 0 aliphatic rings. The largest absolute Gasteiger partial charge is 0.439 e. The molecule has 0 saturated carbocycles. The molecule has 0 bridgehead atoms. The molecule has 94 valence electrons. The highest BCUT2D eigenvalue weighted by molar-refractivity contribution is 5.28. The van der Waals surface area contributed by atoms with Crippen molar-refractivity contribution in [2.24, 2.45) is 0 Å². The topological polar surface area (TPSA) is 35.0 Å². The molecule has 3 nitrogen and oxygen atoms in total. The van der Waals surface area contributed by atoms with E-state index in [1.165, 1.54) is 12.1 Å². The second-order valence-corrected chi connectivity index (χ2v) is 4.42. The van der Waals surface area contributed by atoms with Crippen molar-refractivity contribution in [3.05, 3.63) is 47.7 Å². The van der Waals surface area contributed by atoms with Crippen LogP contribution in [-0.2, 0) is 0 Å². The molecule has 4 heteroatoms. The SMILES string of the molecule is Cc1cc(Oc2cccc(F)c2)nc(C(C)C)n1. The number of halogens is 1. The fourth-order valence-corrected chi connectivity index (χ4v) is 1.52. The maximum atomic E-state index is 13.0. The molecule has 1 aromatic heterocycles. The summed E-state index contributed by atoms with van der Waals surface area (Å²) in [5, 5.41) is 0. The van der Waals surface area contributed by atoms with Crippen LogP contribution in [0.4, 0.5) is 4.39 Å². The number of aryl methyl sites for hydroxylation is 1. The summed E-state index contributed by atoms with van der Waals surface area (Å²) in [5.41, 5.74) is 0.833. The van der Waals surface area contributed by atoms with Crippen LogP contribution in [0.15, 0.2) is 30.3 Å². The first-order valence-electron chi connectivity index (χ1n) is 5.83. The van der Waals surface area contributed by atoms with E-state index in [4.69, 9.17) is 4.74 Å². The molecule has 0 spiro atoms. The van der Waals surface area contributed by atoms with E-state index in [1.807, 2.05) is 20.8 Å². The molecule has 0 amide bonds. The molecule has 0 aliphatic heterocycles. The average molecular weight is 246 g/mol. The lowest BCUT2D eigenvalue weighted by atomic mass is 10.2. The number of hydrogen-bond donors (Lipinski definition) is 0. The lowest BCUT2D eigenvalue weighted by Gasteiger charge is -2.09. The zero-order chi connectivity index (χ0) is 13.1. The van der Waals surface area contributed by atoms with Crippen LogP contribution in [0.2, 0.25) is 0 Å². The summed E-state index contributed by atoms with van der Waals surface area (Å²) in [6.07, 6.45) is 0.